The van der Waals surface area contributed by atoms with E-state index in [0.29, 0.717) is 0 Å². The Morgan fingerprint density at radius 3 is 2.35 bits per heavy atom. The van der Waals surface area contributed by atoms with E-state index in [9.17, 15) is 8.42 Å². The van der Waals surface area contributed by atoms with Gasteiger partial charge in [-0.15, -0.1) is 0 Å². The second-order valence-electron chi connectivity index (χ2n) is 4.36. The molecule has 0 heterocycles. The van der Waals surface area contributed by atoms with Crippen molar-refractivity contribution in [2.24, 2.45) is 0 Å². The Kier molecular flexibility index (Phi) is 2.93. The molecule has 0 saturated heterocycles. The molecule has 4 heteroatoms. The van der Waals surface area contributed by atoms with Crippen LogP contribution in [0, 0.1) is 0 Å². The summed E-state index contributed by atoms with van der Waals surface area (Å²) in [5, 5.41) is 1.85. The molecule has 2 rings (SSSR count). The second-order valence-corrected chi connectivity index (χ2v) is 5.78. The van der Waals surface area contributed by atoms with Gasteiger partial charge >= 0.3 is 0 Å². The van der Waals surface area contributed by atoms with Crippen LogP contribution in [-0.2, 0) is 10.1 Å². The average molecular weight is 250 g/mol. The quantitative estimate of drug-likeness (QED) is 0.833. The van der Waals surface area contributed by atoms with E-state index in [-0.39, 0.29) is 10.8 Å². The van der Waals surface area contributed by atoms with Crippen molar-refractivity contribution in [3.05, 3.63) is 42.0 Å². The Hall–Kier alpha value is -1.39. The summed E-state index contributed by atoms with van der Waals surface area (Å²) in [7, 11) is -4.15. The fraction of sp³-hybridized carbons (Fsp3) is 0.231. The van der Waals surface area contributed by atoms with E-state index >= 15 is 0 Å². The lowest BCUT2D eigenvalue weighted by Crippen LogP contribution is -2.00. The predicted octanol–water partition coefficient (Wildman–Crippen LogP) is 3.21. The molecule has 0 spiro atoms. The SMILES string of the molecule is CC(C)c1cc(S(=O)(=O)O)cc2ccccc12. The highest BCUT2D eigenvalue weighted by Gasteiger charge is 2.14. The average Bonchev–Trinajstić information content (AvgIpc) is 2.26. The summed E-state index contributed by atoms with van der Waals surface area (Å²) in [4.78, 5) is -0.0418. The van der Waals surface area contributed by atoms with Crippen LogP contribution in [0.1, 0.15) is 25.3 Å². The monoisotopic (exact) mass is 250 g/mol. The van der Waals surface area contributed by atoms with Crippen molar-refractivity contribution in [2.75, 3.05) is 0 Å². The van der Waals surface area contributed by atoms with E-state index in [2.05, 4.69) is 0 Å². The standard InChI is InChI=1S/C13H14O3S/c1-9(2)13-8-11(17(14,15)16)7-10-5-3-4-6-12(10)13/h3-9H,1-2H3,(H,14,15,16). The summed E-state index contributed by atoms with van der Waals surface area (Å²) in [6, 6.07) is 10.6. The van der Waals surface area contributed by atoms with Crippen LogP contribution < -0.4 is 0 Å². The Balaban J connectivity index is 2.86. The number of hydrogen-bond acceptors (Lipinski definition) is 2. The first-order chi connectivity index (χ1) is 7.89. The van der Waals surface area contributed by atoms with Crippen molar-refractivity contribution in [2.45, 2.75) is 24.7 Å². The zero-order chi connectivity index (χ0) is 12.6. The van der Waals surface area contributed by atoms with Crippen molar-refractivity contribution in [3.63, 3.8) is 0 Å². The topological polar surface area (TPSA) is 54.4 Å². The van der Waals surface area contributed by atoms with E-state index < -0.39 is 10.1 Å². The third-order valence-corrected chi connectivity index (χ3v) is 3.62. The van der Waals surface area contributed by atoms with Gasteiger partial charge in [-0.25, -0.2) is 0 Å². The molecule has 0 unspecified atom stereocenters. The lowest BCUT2D eigenvalue weighted by atomic mass is 9.96. The first-order valence-corrected chi connectivity index (χ1v) is 6.84. The Morgan fingerprint density at radius 1 is 1.12 bits per heavy atom. The number of benzene rings is 2. The summed E-state index contributed by atoms with van der Waals surface area (Å²) < 4.78 is 31.5. The van der Waals surface area contributed by atoms with Gasteiger partial charge in [-0.05, 0) is 34.4 Å². The number of hydrogen-bond donors (Lipinski definition) is 1. The van der Waals surface area contributed by atoms with Crippen molar-refractivity contribution >= 4 is 20.9 Å². The third kappa shape index (κ3) is 2.33. The van der Waals surface area contributed by atoms with Gasteiger partial charge in [0.05, 0.1) is 4.90 Å². The Morgan fingerprint density at radius 2 is 1.76 bits per heavy atom. The summed E-state index contributed by atoms with van der Waals surface area (Å²) >= 11 is 0. The van der Waals surface area contributed by atoms with E-state index in [4.69, 9.17) is 4.55 Å². The van der Waals surface area contributed by atoms with E-state index in [1.165, 1.54) is 6.07 Å². The smallest absolute Gasteiger partial charge is 0.282 e. The molecule has 0 aliphatic heterocycles. The normalized spacial score (nSPS) is 12.2. The van der Waals surface area contributed by atoms with E-state index in [1.807, 2.05) is 38.1 Å². The van der Waals surface area contributed by atoms with E-state index in [1.54, 1.807) is 6.07 Å². The van der Waals surface area contributed by atoms with E-state index in [0.717, 1.165) is 16.3 Å². The third-order valence-electron chi connectivity index (χ3n) is 2.79. The Bertz CT molecular complexity index is 657. The van der Waals surface area contributed by atoms with Gasteiger partial charge in [-0.2, -0.15) is 8.42 Å². The highest BCUT2D eigenvalue weighted by Crippen LogP contribution is 2.28. The number of fused-ring (bicyclic) bond motifs is 1. The molecule has 0 amide bonds. The Labute approximate surface area is 101 Å². The maximum absolute atomic E-state index is 11.2. The summed E-state index contributed by atoms with van der Waals surface area (Å²) in [6.45, 7) is 3.99. The largest absolute Gasteiger partial charge is 0.294 e. The molecule has 2 aromatic rings. The molecule has 1 N–H and O–H groups in total. The molecule has 0 fully saturated rings. The molecule has 0 aliphatic carbocycles. The van der Waals surface area contributed by atoms with Gasteiger partial charge in [-0.3, -0.25) is 4.55 Å². The first-order valence-electron chi connectivity index (χ1n) is 5.40. The van der Waals surface area contributed by atoms with Gasteiger partial charge in [0.15, 0.2) is 0 Å². The lowest BCUT2D eigenvalue weighted by molar-refractivity contribution is 0.483. The van der Waals surface area contributed by atoms with Crippen LogP contribution in [0.4, 0.5) is 0 Å². The van der Waals surface area contributed by atoms with Crippen molar-refractivity contribution in [3.8, 4) is 0 Å². The van der Waals surface area contributed by atoms with Gasteiger partial charge in [0, 0.05) is 0 Å². The summed E-state index contributed by atoms with van der Waals surface area (Å²) in [5.41, 5.74) is 0.927. The first kappa shape index (κ1) is 12.1. The molecule has 17 heavy (non-hydrogen) atoms. The van der Waals surface area contributed by atoms with Crippen LogP contribution in [0.25, 0.3) is 10.8 Å². The molecule has 3 nitrogen and oxygen atoms in total. The molecule has 0 aliphatic rings. The van der Waals surface area contributed by atoms with Gasteiger partial charge in [0.25, 0.3) is 10.1 Å². The van der Waals surface area contributed by atoms with Crippen molar-refractivity contribution < 1.29 is 13.0 Å². The second kappa shape index (κ2) is 4.13. The van der Waals surface area contributed by atoms with Crippen LogP contribution in [0.2, 0.25) is 0 Å². The fourth-order valence-electron chi connectivity index (χ4n) is 1.94. The molecule has 0 saturated carbocycles. The minimum Gasteiger partial charge on any atom is -0.282 e. The van der Waals surface area contributed by atoms with Crippen LogP contribution in [0.5, 0.6) is 0 Å². The minimum absolute atomic E-state index is 0.0418. The molecular formula is C13H14O3S. The molecule has 0 radical (unpaired) electrons. The molecular weight excluding hydrogens is 236 g/mol. The van der Waals surface area contributed by atoms with Gasteiger partial charge in [0.2, 0.25) is 0 Å². The number of rotatable bonds is 2. The van der Waals surface area contributed by atoms with Gasteiger partial charge < -0.3 is 0 Å². The zero-order valence-electron chi connectivity index (χ0n) is 9.71. The lowest BCUT2D eigenvalue weighted by Gasteiger charge is -2.11. The zero-order valence-corrected chi connectivity index (χ0v) is 10.5. The maximum Gasteiger partial charge on any atom is 0.294 e. The minimum atomic E-state index is -4.15. The molecule has 0 bridgehead atoms. The van der Waals surface area contributed by atoms with Crippen LogP contribution in [-0.4, -0.2) is 13.0 Å². The fourth-order valence-corrected chi connectivity index (χ4v) is 2.49. The van der Waals surface area contributed by atoms with Crippen LogP contribution in [0.3, 0.4) is 0 Å². The summed E-state index contributed by atoms with van der Waals surface area (Å²) in [6.07, 6.45) is 0. The van der Waals surface area contributed by atoms with Crippen molar-refractivity contribution in [1.29, 1.82) is 0 Å². The van der Waals surface area contributed by atoms with Crippen molar-refractivity contribution in [1.82, 2.24) is 0 Å². The van der Waals surface area contributed by atoms with Crippen LogP contribution >= 0.6 is 0 Å². The highest BCUT2D eigenvalue weighted by molar-refractivity contribution is 7.85. The summed E-state index contributed by atoms with van der Waals surface area (Å²) in [5.74, 6) is 0.196. The maximum atomic E-state index is 11.2. The molecule has 2 aromatic carbocycles. The molecule has 0 aromatic heterocycles. The highest BCUT2D eigenvalue weighted by atomic mass is 32.2. The van der Waals surface area contributed by atoms with Gasteiger partial charge in [0.1, 0.15) is 0 Å². The van der Waals surface area contributed by atoms with Gasteiger partial charge in [-0.1, -0.05) is 38.1 Å². The molecule has 0 atom stereocenters. The predicted molar refractivity (Wildman–Crippen MR) is 67.9 cm³/mol. The van der Waals surface area contributed by atoms with Crippen LogP contribution in [0.15, 0.2) is 41.3 Å². The molecule has 90 valence electrons.